The lowest BCUT2D eigenvalue weighted by Crippen LogP contribution is -2.58. The number of carbonyl (C=O) groups excluding carboxylic acids is 1. The van der Waals surface area contributed by atoms with E-state index in [1.807, 2.05) is 18.7 Å². The van der Waals surface area contributed by atoms with Gasteiger partial charge in [0.25, 0.3) is 0 Å². The highest BCUT2D eigenvalue weighted by molar-refractivity contribution is 5.74. The van der Waals surface area contributed by atoms with Crippen LogP contribution in [0.25, 0.3) is 0 Å². The molecule has 0 unspecified atom stereocenters. The minimum absolute atomic E-state index is 0.0533. The summed E-state index contributed by atoms with van der Waals surface area (Å²) in [5.74, 6) is 0.842. The number of aliphatic hydroxyl groups excluding tert-OH is 1. The largest absolute Gasteiger partial charge is 0.393 e. The molecule has 4 rings (SSSR count). The zero-order chi connectivity index (χ0) is 24.7. The van der Waals surface area contributed by atoms with Crippen LogP contribution in [-0.4, -0.2) is 65.7 Å². The molecule has 4 aliphatic rings. The molecule has 6 atom stereocenters. The van der Waals surface area contributed by atoms with Gasteiger partial charge in [-0.3, -0.25) is 0 Å². The van der Waals surface area contributed by atoms with Crippen LogP contribution in [0.3, 0.4) is 0 Å². The van der Waals surface area contributed by atoms with Gasteiger partial charge in [0.15, 0.2) is 0 Å². The van der Waals surface area contributed by atoms with Crippen molar-refractivity contribution in [3.8, 4) is 0 Å². The number of methoxy groups -OCH3 is 1. The molecule has 0 aliphatic heterocycles. The van der Waals surface area contributed by atoms with Gasteiger partial charge < -0.3 is 25.2 Å². The van der Waals surface area contributed by atoms with E-state index in [0.717, 1.165) is 51.4 Å². The summed E-state index contributed by atoms with van der Waals surface area (Å²) in [5.41, 5.74) is 1.90. The number of allylic oxidation sites excluding steroid dienone is 3. The summed E-state index contributed by atoms with van der Waals surface area (Å²) in [6, 6.07) is -0.0458. The Labute approximate surface area is 205 Å². The van der Waals surface area contributed by atoms with Crippen LogP contribution in [0.5, 0.6) is 0 Å². The Bertz CT molecular complexity index is 838. The molecule has 3 fully saturated rings. The summed E-state index contributed by atoms with van der Waals surface area (Å²) < 4.78 is 5.22. The smallest absolute Gasteiger partial charge is 0.317 e. The summed E-state index contributed by atoms with van der Waals surface area (Å²) in [6.45, 7) is 10.1. The van der Waals surface area contributed by atoms with Gasteiger partial charge in [-0.05, 0) is 82.5 Å². The molecule has 0 spiro atoms. The molecule has 0 bridgehead atoms. The van der Waals surface area contributed by atoms with Crippen molar-refractivity contribution in [3.63, 3.8) is 0 Å². The number of amides is 2. The van der Waals surface area contributed by atoms with Gasteiger partial charge in [0.05, 0.1) is 18.2 Å². The number of hydrogen-bond acceptors (Lipinski definition) is 4. The number of nitrogens with one attached hydrogen (secondary N) is 1. The van der Waals surface area contributed by atoms with E-state index in [9.17, 15) is 15.0 Å². The van der Waals surface area contributed by atoms with Crippen molar-refractivity contribution in [1.29, 1.82) is 0 Å². The van der Waals surface area contributed by atoms with Gasteiger partial charge in [-0.2, -0.15) is 0 Å². The Balaban J connectivity index is 1.57. The number of nitrogens with zero attached hydrogens (tertiary/aromatic N) is 1. The number of rotatable bonds is 7. The Morgan fingerprint density at radius 3 is 2.62 bits per heavy atom. The second kappa shape index (κ2) is 9.59. The highest BCUT2D eigenvalue weighted by Crippen LogP contribution is 2.66. The van der Waals surface area contributed by atoms with Crippen molar-refractivity contribution in [2.24, 2.45) is 22.7 Å². The van der Waals surface area contributed by atoms with Gasteiger partial charge in [-0.25, -0.2) is 4.79 Å². The Morgan fingerprint density at radius 2 is 1.91 bits per heavy atom. The van der Waals surface area contributed by atoms with Crippen LogP contribution in [0.4, 0.5) is 4.79 Å². The topological polar surface area (TPSA) is 82.0 Å². The molecule has 0 heterocycles. The van der Waals surface area contributed by atoms with Crippen molar-refractivity contribution >= 4 is 6.03 Å². The first-order chi connectivity index (χ1) is 16.0. The molecule has 0 saturated heterocycles. The van der Waals surface area contributed by atoms with Gasteiger partial charge in [0.1, 0.15) is 0 Å². The number of fused-ring (bicyclic) bond motifs is 5. The molecular weight excluding hydrogens is 428 g/mol. The van der Waals surface area contributed by atoms with Crippen molar-refractivity contribution in [1.82, 2.24) is 10.2 Å². The molecule has 2 amide bonds. The molecule has 34 heavy (non-hydrogen) atoms. The van der Waals surface area contributed by atoms with Crippen LogP contribution in [0.15, 0.2) is 23.3 Å². The van der Waals surface area contributed by atoms with Crippen molar-refractivity contribution in [2.45, 2.75) is 96.8 Å². The van der Waals surface area contributed by atoms with Gasteiger partial charge >= 0.3 is 6.03 Å². The second-order valence-corrected chi connectivity index (χ2v) is 12.2. The van der Waals surface area contributed by atoms with Crippen LogP contribution in [0, 0.1) is 22.7 Å². The number of carbonyl (C=O) groups is 1. The summed E-state index contributed by atoms with van der Waals surface area (Å²) in [4.78, 5) is 14.8. The summed E-state index contributed by atoms with van der Waals surface area (Å²) in [5, 5.41) is 25.4. The van der Waals surface area contributed by atoms with Crippen LogP contribution in [0.2, 0.25) is 0 Å². The lowest BCUT2D eigenvalue weighted by Gasteiger charge is -2.56. The molecule has 0 aromatic heterocycles. The first-order valence-electron chi connectivity index (χ1n) is 13.4. The van der Waals surface area contributed by atoms with Crippen molar-refractivity contribution in [3.05, 3.63) is 23.3 Å². The maximum atomic E-state index is 13.0. The predicted molar refractivity (Wildman–Crippen MR) is 134 cm³/mol. The van der Waals surface area contributed by atoms with Crippen LogP contribution >= 0.6 is 0 Å². The molecule has 6 heteroatoms. The number of urea groups is 1. The highest BCUT2D eigenvalue weighted by atomic mass is 16.5. The Kier molecular flexibility index (Phi) is 7.25. The van der Waals surface area contributed by atoms with E-state index in [2.05, 4.69) is 31.3 Å². The summed E-state index contributed by atoms with van der Waals surface area (Å²) in [6.07, 6.45) is 11.6. The van der Waals surface area contributed by atoms with Crippen LogP contribution < -0.4 is 5.32 Å². The monoisotopic (exact) mass is 474 g/mol. The summed E-state index contributed by atoms with van der Waals surface area (Å²) >= 11 is 0. The van der Waals surface area contributed by atoms with E-state index in [4.69, 9.17) is 4.74 Å². The molecular formula is C28H46N2O4. The van der Waals surface area contributed by atoms with Crippen molar-refractivity contribution < 1.29 is 19.7 Å². The minimum Gasteiger partial charge on any atom is -0.393 e. The molecule has 0 aromatic rings. The minimum atomic E-state index is -0.904. The highest BCUT2D eigenvalue weighted by Gasteiger charge is 2.62. The number of hydrogen-bond donors (Lipinski definition) is 3. The van der Waals surface area contributed by atoms with Gasteiger partial charge in [-0.15, -0.1) is 0 Å². The number of aliphatic hydroxyl groups is 2. The van der Waals surface area contributed by atoms with E-state index in [1.165, 1.54) is 11.1 Å². The Hall–Kier alpha value is -1.37. The van der Waals surface area contributed by atoms with Gasteiger partial charge in [0.2, 0.25) is 0 Å². The fourth-order valence-corrected chi connectivity index (χ4v) is 7.66. The fourth-order valence-electron chi connectivity index (χ4n) is 7.66. The quantitative estimate of drug-likeness (QED) is 0.477. The van der Waals surface area contributed by atoms with E-state index < -0.39 is 5.60 Å². The normalized spacial score (nSPS) is 39.0. The van der Waals surface area contributed by atoms with E-state index in [-0.39, 0.29) is 29.0 Å². The molecule has 0 radical (unpaired) electrons. The molecule has 192 valence electrons. The zero-order valence-corrected chi connectivity index (χ0v) is 21.9. The SMILES string of the molecule is COCCCN(C[C@]1(O)CC[C@H]2C3=CC=C4C[C@@H](O)CC[C@]4(C)[C@H]3CC[C@@]21C)C(=O)NC(C)C. The van der Waals surface area contributed by atoms with Gasteiger partial charge in [-0.1, -0.05) is 37.1 Å². The standard InChI is InChI=1S/C28H46N2O4/c1-19(2)29-25(32)30(15-6-16-34-5)18-28(33)14-11-24-22-8-7-20-17-21(31)9-12-26(20,3)23(22)10-13-27(24,28)4/h7-8,19,21,23-24,31,33H,6,9-18H2,1-5H3,(H,29,32)/t21-,23-,24-,26-,27-,28+/m0/s1. The van der Waals surface area contributed by atoms with E-state index >= 15 is 0 Å². The zero-order valence-electron chi connectivity index (χ0n) is 21.9. The number of ether oxygens (including phenoxy) is 1. The maximum absolute atomic E-state index is 13.0. The average Bonchev–Trinajstić information content (AvgIpc) is 3.04. The molecule has 4 aliphatic carbocycles. The molecule has 6 nitrogen and oxygen atoms in total. The second-order valence-electron chi connectivity index (χ2n) is 12.2. The maximum Gasteiger partial charge on any atom is 0.317 e. The summed E-state index contributed by atoms with van der Waals surface area (Å²) in [7, 11) is 1.68. The molecule has 0 aromatic carbocycles. The lowest BCUT2D eigenvalue weighted by molar-refractivity contribution is -0.0967. The third-order valence-electron chi connectivity index (χ3n) is 9.80. The van der Waals surface area contributed by atoms with E-state index in [1.54, 1.807) is 7.11 Å². The van der Waals surface area contributed by atoms with Crippen LogP contribution in [0.1, 0.15) is 79.1 Å². The fraction of sp³-hybridized carbons (Fsp3) is 0.821. The average molecular weight is 475 g/mol. The third kappa shape index (κ3) is 4.35. The van der Waals surface area contributed by atoms with E-state index in [0.29, 0.717) is 31.5 Å². The first kappa shape index (κ1) is 25.7. The van der Waals surface area contributed by atoms with Crippen LogP contribution in [-0.2, 0) is 4.74 Å². The lowest BCUT2D eigenvalue weighted by atomic mass is 9.50. The first-order valence-corrected chi connectivity index (χ1v) is 13.4. The van der Waals surface area contributed by atoms with Gasteiger partial charge in [0, 0.05) is 31.7 Å². The molecule has 3 saturated carbocycles. The Morgan fingerprint density at radius 1 is 1.18 bits per heavy atom. The predicted octanol–water partition coefficient (Wildman–Crippen LogP) is 4.42. The third-order valence-corrected chi connectivity index (χ3v) is 9.80. The molecule has 3 N–H and O–H groups in total. The van der Waals surface area contributed by atoms with Crippen molar-refractivity contribution in [2.75, 3.05) is 26.8 Å².